The van der Waals surface area contributed by atoms with Crippen LogP contribution in [0.2, 0.25) is 0 Å². The highest BCUT2D eigenvalue weighted by atomic mass is 16.4. The second-order valence-corrected chi connectivity index (χ2v) is 2.89. The van der Waals surface area contributed by atoms with Crippen molar-refractivity contribution in [3.8, 4) is 0 Å². The monoisotopic (exact) mass is 180 g/mol. The van der Waals surface area contributed by atoms with Crippen molar-refractivity contribution in [2.45, 2.75) is 25.2 Å². The van der Waals surface area contributed by atoms with Crippen molar-refractivity contribution in [3.63, 3.8) is 0 Å². The second-order valence-electron chi connectivity index (χ2n) is 2.89. The normalized spacial score (nSPS) is 21.5. The Balaban J connectivity index is 3.99. The number of aliphatic hydroxyl groups excluding tert-OH is 5. The zero-order valence-electron chi connectivity index (χ0n) is 6.96. The molecule has 0 unspecified atom stereocenters. The van der Waals surface area contributed by atoms with Gasteiger partial charge in [0.2, 0.25) is 0 Å². The summed E-state index contributed by atoms with van der Waals surface area (Å²) in [6, 6.07) is 0. The third-order valence-electron chi connectivity index (χ3n) is 1.80. The first-order valence-electron chi connectivity index (χ1n) is 3.80. The van der Waals surface area contributed by atoms with Crippen LogP contribution >= 0.6 is 0 Å². The second kappa shape index (κ2) is 5.45. The van der Waals surface area contributed by atoms with Crippen molar-refractivity contribution in [3.05, 3.63) is 0 Å². The van der Waals surface area contributed by atoms with Crippen LogP contribution in [0.3, 0.4) is 0 Å². The first-order valence-corrected chi connectivity index (χ1v) is 3.80. The molecule has 5 N–H and O–H groups in total. The summed E-state index contributed by atoms with van der Waals surface area (Å²) >= 11 is 0. The standard InChI is InChI=1S/C7H16O5/c1-4(2-8)6(11)7(12)5(10)3-9/h4-12H,2-3H2,1H3/t4-,5+,6-,7-/m1/s1. The van der Waals surface area contributed by atoms with Gasteiger partial charge in [-0.3, -0.25) is 0 Å². The van der Waals surface area contributed by atoms with E-state index in [4.69, 9.17) is 20.4 Å². The molecule has 0 bridgehead atoms. The molecule has 0 rings (SSSR count). The molecule has 12 heavy (non-hydrogen) atoms. The Bertz CT molecular complexity index is 104. The number of hydrogen-bond donors (Lipinski definition) is 5. The molecular formula is C7H16O5. The largest absolute Gasteiger partial charge is 0.396 e. The Hall–Kier alpha value is -0.200. The highest BCUT2D eigenvalue weighted by Crippen LogP contribution is 2.09. The van der Waals surface area contributed by atoms with Gasteiger partial charge in [-0.25, -0.2) is 0 Å². The van der Waals surface area contributed by atoms with Gasteiger partial charge in [-0.2, -0.15) is 0 Å². The Morgan fingerprint density at radius 1 is 0.917 bits per heavy atom. The van der Waals surface area contributed by atoms with Crippen LogP contribution in [0.25, 0.3) is 0 Å². The van der Waals surface area contributed by atoms with Gasteiger partial charge in [-0.15, -0.1) is 0 Å². The lowest BCUT2D eigenvalue weighted by molar-refractivity contribution is -0.0978. The van der Waals surface area contributed by atoms with Crippen molar-refractivity contribution < 1.29 is 25.5 Å². The zero-order chi connectivity index (χ0) is 9.72. The fraction of sp³-hybridized carbons (Fsp3) is 1.00. The highest BCUT2D eigenvalue weighted by Gasteiger charge is 2.27. The minimum absolute atomic E-state index is 0.281. The van der Waals surface area contributed by atoms with Crippen molar-refractivity contribution in [1.82, 2.24) is 0 Å². The van der Waals surface area contributed by atoms with E-state index in [1.165, 1.54) is 6.92 Å². The average Bonchev–Trinajstić information content (AvgIpc) is 2.12. The minimum atomic E-state index is -1.42. The molecule has 4 atom stereocenters. The summed E-state index contributed by atoms with van der Waals surface area (Å²) in [5, 5.41) is 44.2. The summed E-state index contributed by atoms with van der Waals surface area (Å²) in [6.07, 6.45) is -4.01. The van der Waals surface area contributed by atoms with Crippen LogP contribution in [0.5, 0.6) is 0 Å². The molecular weight excluding hydrogens is 164 g/mol. The summed E-state index contributed by atoms with van der Waals surface area (Å²) in [5.41, 5.74) is 0. The van der Waals surface area contributed by atoms with Crippen molar-refractivity contribution in [2.24, 2.45) is 5.92 Å². The third kappa shape index (κ3) is 3.04. The predicted octanol–water partition coefficient (Wildman–Crippen LogP) is -2.31. The number of rotatable bonds is 5. The molecule has 0 saturated heterocycles. The summed E-state index contributed by atoms with van der Waals surface area (Å²) < 4.78 is 0. The van der Waals surface area contributed by atoms with E-state index in [1.54, 1.807) is 0 Å². The van der Waals surface area contributed by atoms with Crippen LogP contribution in [-0.2, 0) is 0 Å². The van der Waals surface area contributed by atoms with E-state index < -0.39 is 30.8 Å². The van der Waals surface area contributed by atoms with Gasteiger partial charge in [0.15, 0.2) is 0 Å². The van der Waals surface area contributed by atoms with Gasteiger partial charge in [0.25, 0.3) is 0 Å². The lowest BCUT2D eigenvalue weighted by Crippen LogP contribution is -2.43. The maximum Gasteiger partial charge on any atom is 0.108 e. The molecule has 0 aromatic rings. The van der Waals surface area contributed by atoms with Gasteiger partial charge in [0.05, 0.1) is 12.7 Å². The Morgan fingerprint density at radius 3 is 1.75 bits per heavy atom. The maximum absolute atomic E-state index is 9.21. The molecule has 5 heteroatoms. The Labute approximate surface area is 70.9 Å². The lowest BCUT2D eigenvalue weighted by Gasteiger charge is -2.25. The molecule has 0 aromatic carbocycles. The quantitative estimate of drug-likeness (QED) is 0.327. The number of hydrogen-bond acceptors (Lipinski definition) is 5. The van der Waals surface area contributed by atoms with Crippen molar-refractivity contribution in [2.75, 3.05) is 13.2 Å². The molecule has 0 heterocycles. The first kappa shape index (κ1) is 11.8. The van der Waals surface area contributed by atoms with Crippen molar-refractivity contribution in [1.29, 1.82) is 0 Å². The molecule has 0 spiro atoms. The van der Waals surface area contributed by atoms with Gasteiger partial charge in [0, 0.05) is 12.5 Å². The number of aliphatic hydroxyl groups is 5. The lowest BCUT2D eigenvalue weighted by atomic mass is 9.97. The predicted molar refractivity (Wildman–Crippen MR) is 41.4 cm³/mol. The topological polar surface area (TPSA) is 101 Å². The minimum Gasteiger partial charge on any atom is -0.396 e. The van der Waals surface area contributed by atoms with Crippen LogP contribution in [0.1, 0.15) is 6.92 Å². The van der Waals surface area contributed by atoms with E-state index in [-0.39, 0.29) is 6.61 Å². The third-order valence-corrected chi connectivity index (χ3v) is 1.80. The molecule has 0 aliphatic rings. The zero-order valence-corrected chi connectivity index (χ0v) is 6.96. The fourth-order valence-corrected chi connectivity index (χ4v) is 0.780. The van der Waals surface area contributed by atoms with E-state index in [0.29, 0.717) is 0 Å². The van der Waals surface area contributed by atoms with E-state index in [2.05, 4.69) is 0 Å². The molecule has 0 aromatic heterocycles. The van der Waals surface area contributed by atoms with E-state index in [1.807, 2.05) is 0 Å². The van der Waals surface area contributed by atoms with E-state index in [9.17, 15) is 5.11 Å². The van der Waals surface area contributed by atoms with Crippen LogP contribution in [0, 0.1) is 5.92 Å². The molecule has 0 aliphatic heterocycles. The summed E-state index contributed by atoms with van der Waals surface area (Å²) in [7, 11) is 0. The fourth-order valence-electron chi connectivity index (χ4n) is 0.780. The molecule has 0 aliphatic carbocycles. The summed E-state index contributed by atoms with van der Waals surface area (Å²) in [4.78, 5) is 0. The molecule has 0 fully saturated rings. The van der Waals surface area contributed by atoms with Crippen molar-refractivity contribution >= 4 is 0 Å². The molecule has 5 nitrogen and oxygen atoms in total. The van der Waals surface area contributed by atoms with Gasteiger partial charge in [-0.1, -0.05) is 6.92 Å². The van der Waals surface area contributed by atoms with Gasteiger partial charge >= 0.3 is 0 Å². The van der Waals surface area contributed by atoms with Gasteiger partial charge in [0.1, 0.15) is 12.2 Å². The molecule has 0 saturated carbocycles. The molecule has 0 amide bonds. The Kier molecular flexibility index (Phi) is 5.36. The van der Waals surface area contributed by atoms with E-state index in [0.717, 1.165) is 0 Å². The van der Waals surface area contributed by atoms with Crippen LogP contribution in [-0.4, -0.2) is 57.1 Å². The van der Waals surface area contributed by atoms with Gasteiger partial charge < -0.3 is 25.5 Å². The molecule has 74 valence electrons. The van der Waals surface area contributed by atoms with Crippen LogP contribution in [0.4, 0.5) is 0 Å². The van der Waals surface area contributed by atoms with Gasteiger partial charge in [-0.05, 0) is 0 Å². The van der Waals surface area contributed by atoms with Crippen LogP contribution in [0.15, 0.2) is 0 Å². The van der Waals surface area contributed by atoms with E-state index >= 15 is 0 Å². The summed E-state index contributed by atoms with van der Waals surface area (Å²) in [6.45, 7) is 0.630. The molecule has 0 radical (unpaired) electrons. The smallest absolute Gasteiger partial charge is 0.108 e. The maximum atomic E-state index is 9.21. The Morgan fingerprint density at radius 2 is 1.42 bits per heavy atom. The summed E-state index contributed by atoms with van der Waals surface area (Å²) in [5.74, 6) is -0.527. The highest BCUT2D eigenvalue weighted by molar-refractivity contribution is 4.78. The first-order chi connectivity index (χ1) is 5.54. The average molecular weight is 180 g/mol. The van der Waals surface area contributed by atoms with Crippen LogP contribution < -0.4 is 0 Å². The SMILES string of the molecule is C[C@H](CO)[C@@H](O)[C@H](O)[C@@H](O)CO.